The summed E-state index contributed by atoms with van der Waals surface area (Å²) in [6.45, 7) is 5.69. The van der Waals surface area contributed by atoms with Crippen molar-refractivity contribution in [2.24, 2.45) is 0 Å². The molecule has 1 aliphatic heterocycles. The average Bonchev–Trinajstić information content (AvgIpc) is 2.97. The predicted octanol–water partition coefficient (Wildman–Crippen LogP) is 6.03. The number of nitrogens with zero attached hydrogens (tertiary/aromatic N) is 1. The Bertz CT molecular complexity index is 857. The maximum absolute atomic E-state index is 13.4. The van der Waals surface area contributed by atoms with Crippen molar-refractivity contribution >= 4 is 0 Å². The monoisotopic (exact) mass is 319 g/mol. The number of aromatic nitrogens is 1. The van der Waals surface area contributed by atoms with E-state index in [1.807, 2.05) is 18.2 Å². The van der Waals surface area contributed by atoms with E-state index in [0.717, 1.165) is 12.1 Å². The molecule has 0 unspecified atom stereocenters. The quantitative estimate of drug-likeness (QED) is 0.543. The Balaban J connectivity index is 1.99. The maximum Gasteiger partial charge on any atom is 0.123 e. The SMILES string of the molecule is CC1(C)CCCn2c1cc(-c1ccc(F)cc1)c2-c1ccccc1. The summed E-state index contributed by atoms with van der Waals surface area (Å²) < 4.78 is 15.8. The van der Waals surface area contributed by atoms with Crippen LogP contribution in [0.1, 0.15) is 32.4 Å². The predicted molar refractivity (Wildman–Crippen MR) is 97.5 cm³/mol. The molecule has 0 aliphatic carbocycles. The summed E-state index contributed by atoms with van der Waals surface area (Å²) in [5.41, 5.74) is 6.30. The van der Waals surface area contributed by atoms with Crippen LogP contribution >= 0.6 is 0 Å². The fourth-order valence-corrected chi connectivity index (χ4v) is 3.91. The summed E-state index contributed by atoms with van der Waals surface area (Å²) in [6.07, 6.45) is 2.39. The summed E-state index contributed by atoms with van der Waals surface area (Å²) in [6, 6.07) is 19.7. The van der Waals surface area contributed by atoms with Gasteiger partial charge >= 0.3 is 0 Å². The highest BCUT2D eigenvalue weighted by Gasteiger charge is 2.31. The molecule has 0 amide bonds. The van der Waals surface area contributed by atoms with Crippen molar-refractivity contribution < 1.29 is 4.39 Å². The van der Waals surface area contributed by atoms with E-state index in [-0.39, 0.29) is 11.2 Å². The van der Waals surface area contributed by atoms with Crippen LogP contribution in [0.5, 0.6) is 0 Å². The van der Waals surface area contributed by atoms with Crippen molar-refractivity contribution in [3.8, 4) is 22.4 Å². The zero-order chi connectivity index (χ0) is 16.7. The van der Waals surface area contributed by atoms with Gasteiger partial charge in [0.15, 0.2) is 0 Å². The molecule has 0 fully saturated rings. The second-order valence-electron chi connectivity index (χ2n) is 7.30. The lowest BCUT2D eigenvalue weighted by molar-refractivity contribution is 0.365. The van der Waals surface area contributed by atoms with Crippen molar-refractivity contribution in [2.45, 2.75) is 38.6 Å². The van der Waals surface area contributed by atoms with Crippen molar-refractivity contribution in [1.82, 2.24) is 4.57 Å². The first-order chi connectivity index (χ1) is 11.6. The molecule has 1 aromatic heterocycles. The summed E-state index contributed by atoms with van der Waals surface area (Å²) in [7, 11) is 0. The summed E-state index contributed by atoms with van der Waals surface area (Å²) in [4.78, 5) is 0. The standard InChI is InChI=1S/C22H22FN/c1-22(2)13-6-14-24-20(22)15-19(16-9-11-18(23)12-10-16)21(24)17-7-4-3-5-8-17/h3-5,7-12,15H,6,13-14H2,1-2H3. The molecule has 122 valence electrons. The molecule has 0 spiro atoms. The van der Waals surface area contributed by atoms with Gasteiger partial charge in [-0.2, -0.15) is 0 Å². The first-order valence-corrected chi connectivity index (χ1v) is 8.62. The van der Waals surface area contributed by atoms with E-state index in [2.05, 4.69) is 48.7 Å². The lowest BCUT2D eigenvalue weighted by Gasteiger charge is -2.32. The van der Waals surface area contributed by atoms with Crippen LogP contribution in [-0.2, 0) is 12.0 Å². The van der Waals surface area contributed by atoms with Gasteiger partial charge in [0.25, 0.3) is 0 Å². The van der Waals surface area contributed by atoms with Crippen LogP contribution in [0, 0.1) is 5.82 Å². The largest absolute Gasteiger partial charge is 0.344 e. The zero-order valence-electron chi connectivity index (χ0n) is 14.2. The van der Waals surface area contributed by atoms with Crippen molar-refractivity contribution in [1.29, 1.82) is 0 Å². The van der Waals surface area contributed by atoms with Crippen LogP contribution in [0.25, 0.3) is 22.4 Å². The van der Waals surface area contributed by atoms with Crippen molar-refractivity contribution in [3.05, 3.63) is 72.2 Å². The summed E-state index contributed by atoms with van der Waals surface area (Å²) in [5, 5.41) is 0. The summed E-state index contributed by atoms with van der Waals surface area (Å²) in [5.74, 6) is -0.190. The van der Waals surface area contributed by atoms with Crippen molar-refractivity contribution in [3.63, 3.8) is 0 Å². The Labute approximate surface area is 142 Å². The Morgan fingerprint density at radius 1 is 0.917 bits per heavy atom. The molecule has 0 atom stereocenters. The number of hydrogen-bond acceptors (Lipinski definition) is 0. The second-order valence-corrected chi connectivity index (χ2v) is 7.30. The van der Waals surface area contributed by atoms with Gasteiger partial charge in [-0.3, -0.25) is 0 Å². The van der Waals surface area contributed by atoms with Gasteiger partial charge in [0.05, 0.1) is 5.69 Å². The average molecular weight is 319 g/mol. The molecule has 3 aromatic rings. The molecule has 0 saturated heterocycles. The number of hydrogen-bond donors (Lipinski definition) is 0. The molecule has 2 heterocycles. The smallest absolute Gasteiger partial charge is 0.123 e. The molecule has 1 nitrogen and oxygen atoms in total. The van der Waals surface area contributed by atoms with E-state index >= 15 is 0 Å². The number of rotatable bonds is 2. The van der Waals surface area contributed by atoms with E-state index in [1.165, 1.54) is 35.4 Å². The Morgan fingerprint density at radius 2 is 1.62 bits per heavy atom. The number of halogens is 1. The van der Waals surface area contributed by atoms with Gasteiger partial charge in [0, 0.05) is 23.2 Å². The first kappa shape index (κ1) is 15.2. The minimum absolute atomic E-state index is 0.167. The van der Waals surface area contributed by atoms with Crippen LogP contribution in [-0.4, -0.2) is 4.57 Å². The lowest BCUT2D eigenvalue weighted by Crippen LogP contribution is -2.27. The molecule has 2 heteroatoms. The highest BCUT2D eigenvalue weighted by molar-refractivity contribution is 5.83. The second kappa shape index (κ2) is 5.62. The molecule has 0 bridgehead atoms. The van der Waals surface area contributed by atoms with Gasteiger partial charge in [-0.05, 0) is 42.2 Å². The van der Waals surface area contributed by atoms with Gasteiger partial charge < -0.3 is 4.57 Å². The topological polar surface area (TPSA) is 4.93 Å². The first-order valence-electron chi connectivity index (χ1n) is 8.62. The molecule has 2 aromatic carbocycles. The number of fused-ring (bicyclic) bond motifs is 1. The lowest BCUT2D eigenvalue weighted by atomic mass is 9.82. The normalized spacial score (nSPS) is 16.0. The third-order valence-electron chi connectivity index (χ3n) is 5.18. The molecule has 24 heavy (non-hydrogen) atoms. The Hall–Kier alpha value is -2.35. The maximum atomic E-state index is 13.4. The molecule has 4 rings (SSSR count). The molecule has 0 N–H and O–H groups in total. The third-order valence-corrected chi connectivity index (χ3v) is 5.18. The van der Waals surface area contributed by atoms with Crippen LogP contribution in [0.3, 0.4) is 0 Å². The van der Waals surface area contributed by atoms with Crippen LogP contribution < -0.4 is 0 Å². The molecular formula is C22H22FN. The minimum Gasteiger partial charge on any atom is -0.344 e. The van der Waals surface area contributed by atoms with Gasteiger partial charge in [0.2, 0.25) is 0 Å². The van der Waals surface area contributed by atoms with Gasteiger partial charge in [-0.15, -0.1) is 0 Å². The van der Waals surface area contributed by atoms with E-state index in [4.69, 9.17) is 0 Å². The highest BCUT2D eigenvalue weighted by Crippen LogP contribution is 2.43. The van der Waals surface area contributed by atoms with Crippen LogP contribution in [0.4, 0.5) is 4.39 Å². The molecule has 0 saturated carbocycles. The minimum atomic E-state index is -0.190. The Kier molecular flexibility index (Phi) is 3.56. The molecular weight excluding hydrogens is 297 g/mol. The van der Waals surface area contributed by atoms with E-state index in [9.17, 15) is 4.39 Å². The Morgan fingerprint density at radius 3 is 2.33 bits per heavy atom. The molecule has 1 aliphatic rings. The third kappa shape index (κ3) is 2.47. The highest BCUT2D eigenvalue weighted by atomic mass is 19.1. The van der Waals surface area contributed by atoms with E-state index in [0.29, 0.717) is 0 Å². The van der Waals surface area contributed by atoms with E-state index < -0.39 is 0 Å². The van der Waals surface area contributed by atoms with Crippen molar-refractivity contribution in [2.75, 3.05) is 0 Å². The van der Waals surface area contributed by atoms with Crippen LogP contribution in [0.15, 0.2) is 60.7 Å². The van der Waals surface area contributed by atoms with Gasteiger partial charge in [0.1, 0.15) is 5.82 Å². The van der Waals surface area contributed by atoms with Gasteiger partial charge in [-0.25, -0.2) is 4.39 Å². The van der Waals surface area contributed by atoms with Gasteiger partial charge in [-0.1, -0.05) is 56.3 Å². The fourth-order valence-electron chi connectivity index (χ4n) is 3.91. The number of benzene rings is 2. The van der Waals surface area contributed by atoms with E-state index in [1.54, 1.807) is 12.1 Å². The summed E-state index contributed by atoms with van der Waals surface area (Å²) >= 11 is 0. The molecule has 0 radical (unpaired) electrons. The zero-order valence-corrected chi connectivity index (χ0v) is 14.2. The fraction of sp³-hybridized carbons (Fsp3) is 0.273. The van der Waals surface area contributed by atoms with Crippen LogP contribution in [0.2, 0.25) is 0 Å².